The summed E-state index contributed by atoms with van der Waals surface area (Å²) in [5.41, 5.74) is 9.24. The molecule has 0 aliphatic carbocycles. The van der Waals surface area contributed by atoms with E-state index in [0.717, 1.165) is 47.8 Å². The summed E-state index contributed by atoms with van der Waals surface area (Å²) in [5.74, 6) is 2.08. The number of ether oxygens (including phenoxy) is 1. The Morgan fingerprint density at radius 2 is 1.74 bits per heavy atom. The van der Waals surface area contributed by atoms with Crippen molar-refractivity contribution in [3.8, 4) is 22.6 Å². The van der Waals surface area contributed by atoms with Crippen LogP contribution in [0.1, 0.15) is 32.9 Å². The van der Waals surface area contributed by atoms with Crippen LogP contribution in [0.5, 0.6) is 11.5 Å². The zero-order valence-corrected chi connectivity index (χ0v) is 18.5. The summed E-state index contributed by atoms with van der Waals surface area (Å²) in [6.07, 6.45) is 2.68. The van der Waals surface area contributed by atoms with Crippen LogP contribution in [0.25, 0.3) is 11.1 Å². The second kappa shape index (κ2) is 9.04. The quantitative estimate of drug-likeness (QED) is 0.616. The molecule has 2 heterocycles. The van der Waals surface area contributed by atoms with Crippen molar-refractivity contribution < 1.29 is 4.74 Å². The molecule has 1 fully saturated rings. The van der Waals surface area contributed by atoms with Gasteiger partial charge >= 0.3 is 0 Å². The molecule has 31 heavy (non-hydrogen) atoms. The third-order valence-electron chi connectivity index (χ3n) is 5.77. The third-order valence-corrected chi connectivity index (χ3v) is 5.77. The van der Waals surface area contributed by atoms with E-state index in [1.54, 1.807) is 6.33 Å². The average molecular weight is 418 g/mol. The van der Waals surface area contributed by atoms with Gasteiger partial charge in [-0.15, -0.1) is 0 Å². The molecule has 0 spiro atoms. The van der Waals surface area contributed by atoms with E-state index < -0.39 is 0 Å². The van der Waals surface area contributed by atoms with E-state index in [-0.39, 0.29) is 5.54 Å². The maximum atomic E-state index is 6.26. The minimum atomic E-state index is 0.199. The van der Waals surface area contributed by atoms with Gasteiger partial charge in [-0.2, -0.15) is 0 Å². The van der Waals surface area contributed by atoms with Crippen LogP contribution >= 0.6 is 0 Å². The van der Waals surface area contributed by atoms with Gasteiger partial charge in [0, 0.05) is 36.8 Å². The minimum Gasteiger partial charge on any atom is -0.457 e. The molecule has 6 heteroatoms. The molecule has 0 bridgehead atoms. The lowest BCUT2D eigenvalue weighted by molar-refractivity contribution is 0.170. The largest absolute Gasteiger partial charge is 0.457 e. The first-order chi connectivity index (χ1) is 14.9. The van der Waals surface area contributed by atoms with E-state index in [1.165, 1.54) is 0 Å². The van der Waals surface area contributed by atoms with Crippen LogP contribution in [0.3, 0.4) is 0 Å². The van der Waals surface area contributed by atoms with Gasteiger partial charge in [0.1, 0.15) is 23.6 Å². The van der Waals surface area contributed by atoms with Gasteiger partial charge in [0.05, 0.1) is 5.69 Å². The molecule has 6 nitrogen and oxygen atoms in total. The van der Waals surface area contributed by atoms with Crippen LogP contribution in [-0.4, -0.2) is 39.5 Å². The summed E-state index contributed by atoms with van der Waals surface area (Å²) in [6, 6.07) is 18.1. The fourth-order valence-electron chi connectivity index (χ4n) is 3.98. The lowest BCUT2D eigenvalue weighted by Gasteiger charge is -2.31. The fourth-order valence-corrected chi connectivity index (χ4v) is 3.98. The number of hydrogen-bond donors (Lipinski definition) is 2. The summed E-state index contributed by atoms with van der Waals surface area (Å²) < 4.78 is 5.90. The highest BCUT2D eigenvalue weighted by Crippen LogP contribution is 2.30. The van der Waals surface area contributed by atoms with Crippen LogP contribution in [0.15, 0.2) is 60.9 Å². The van der Waals surface area contributed by atoms with Gasteiger partial charge in [0.15, 0.2) is 0 Å². The zero-order valence-electron chi connectivity index (χ0n) is 18.5. The number of nitrogens with zero attached hydrogens (tertiary/aromatic N) is 3. The number of nitrogen functional groups attached to an aromatic ring is 1. The normalized spacial score (nSPS) is 17.1. The second-order valence-corrected chi connectivity index (χ2v) is 9.00. The van der Waals surface area contributed by atoms with Crippen LogP contribution in [0.4, 0.5) is 5.82 Å². The van der Waals surface area contributed by atoms with Crippen LogP contribution < -0.4 is 15.8 Å². The molecule has 0 radical (unpaired) electrons. The Morgan fingerprint density at radius 1 is 1.03 bits per heavy atom. The molecule has 3 aromatic rings. The Balaban J connectivity index is 1.47. The average Bonchev–Trinajstić information content (AvgIpc) is 3.24. The first-order valence-electron chi connectivity index (χ1n) is 10.8. The molecule has 1 aromatic heterocycles. The van der Waals surface area contributed by atoms with Crippen molar-refractivity contribution in [2.45, 2.75) is 45.3 Å². The molecule has 4 rings (SSSR count). The molecule has 0 saturated carbocycles. The predicted octanol–water partition coefficient (Wildman–Crippen LogP) is 4.48. The van der Waals surface area contributed by atoms with E-state index in [0.29, 0.717) is 18.4 Å². The number of aromatic nitrogens is 2. The Bertz CT molecular complexity index is 999. The number of nitrogens with one attached hydrogen (secondary N) is 1. The van der Waals surface area contributed by atoms with E-state index in [9.17, 15) is 0 Å². The van der Waals surface area contributed by atoms with Crippen LogP contribution in [-0.2, 0) is 6.54 Å². The van der Waals surface area contributed by atoms with Crippen LogP contribution in [0.2, 0.25) is 0 Å². The van der Waals surface area contributed by atoms with Crippen molar-refractivity contribution in [2.75, 3.05) is 18.8 Å². The Kier molecular flexibility index (Phi) is 6.20. The minimum absolute atomic E-state index is 0.199. The number of anilines is 1. The SMILES string of the molecule is CC(C)(C)N1CCC(NCc2ncnc(N)c2-c2ccc(Oc3ccccc3)cc2)C1. The van der Waals surface area contributed by atoms with Crippen molar-refractivity contribution in [1.82, 2.24) is 20.2 Å². The highest BCUT2D eigenvalue weighted by atomic mass is 16.5. The Morgan fingerprint density at radius 3 is 2.42 bits per heavy atom. The second-order valence-electron chi connectivity index (χ2n) is 9.00. The topological polar surface area (TPSA) is 76.3 Å². The molecule has 1 aliphatic rings. The number of hydrogen-bond acceptors (Lipinski definition) is 6. The van der Waals surface area contributed by atoms with Gasteiger partial charge in [-0.25, -0.2) is 9.97 Å². The van der Waals surface area contributed by atoms with Crippen LogP contribution in [0, 0.1) is 0 Å². The molecule has 2 aromatic carbocycles. The highest BCUT2D eigenvalue weighted by Gasteiger charge is 2.30. The first-order valence-corrected chi connectivity index (χ1v) is 10.8. The molecule has 0 amide bonds. The predicted molar refractivity (Wildman–Crippen MR) is 125 cm³/mol. The fraction of sp³-hybridized carbons (Fsp3) is 0.360. The molecular formula is C25H31N5O. The molecule has 1 unspecified atom stereocenters. The molecule has 1 aliphatic heterocycles. The lowest BCUT2D eigenvalue weighted by Crippen LogP contribution is -2.42. The maximum absolute atomic E-state index is 6.26. The van der Waals surface area contributed by atoms with Gasteiger partial charge in [-0.1, -0.05) is 30.3 Å². The Hall–Kier alpha value is -2.96. The van der Waals surface area contributed by atoms with Gasteiger partial charge in [-0.05, 0) is 57.0 Å². The van der Waals surface area contributed by atoms with Gasteiger partial charge in [0.2, 0.25) is 0 Å². The molecule has 3 N–H and O–H groups in total. The third kappa shape index (κ3) is 5.21. The van der Waals surface area contributed by atoms with Crippen molar-refractivity contribution in [2.24, 2.45) is 0 Å². The molecule has 162 valence electrons. The van der Waals surface area contributed by atoms with Crippen molar-refractivity contribution >= 4 is 5.82 Å². The van der Waals surface area contributed by atoms with Crippen molar-refractivity contribution in [3.05, 3.63) is 66.6 Å². The smallest absolute Gasteiger partial charge is 0.135 e. The maximum Gasteiger partial charge on any atom is 0.135 e. The summed E-state index contributed by atoms with van der Waals surface area (Å²) in [7, 11) is 0. The summed E-state index contributed by atoms with van der Waals surface area (Å²) in [6.45, 7) is 9.62. The standard InChI is InChI=1S/C25H31N5O/c1-25(2,3)30-14-13-19(16-30)27-15-22-23(24(26)29-17-28-22)18-9-11-21(12-10-18)31-20-7-5-4-6-8-20/h4-12,17,19,27H,13-16H2,1-3H3,(H2,26,28,29). The summed E-state index contributed by atoms with van der Waals surface area (Å²) in [4.78, 5) is 11.3. The summed E-state index contributed by atoms with van der Waals surface area (Å²) in [5, 5.41) is 3.67. The number of nitrogens with two attached hydrogens (primary N) is 1. The van der Waals surface area contributed by atoms with Crippen molar-refractivity contribution in [3.63, 3.8) is 0 Å². The van der Waals surface area contributed by atoms with Gasteiger partial charge in [0.25, 0.3) is 0 Å². The first kappa shape index (κ1) is 21.3. The lowest BCUT2D eigenvalue weighted by atomic mass is 10.0. The van der Waals surface area contributed by atoms with Gasteiger partial charge < -0.3 is 15.8 Å². The van der Waals surface area contributed by atoms with Crippen molar-refractivity contribution in [1.29, 1.82) is 0 Å². The number of benzene rings is 2. The van der Waals surface area contributed by atoms with E-state index in [2.05, 4.69) is 41.0 Å². The Labute approximate surface area is 184 Å². The number of para-hydroxylation sites is 1. The highest BCUT2D eigenvalue weighted by molar-refractivity contribution is 5.76. The zero-order chi connectivity index (χ0) is 21.8. The number of rotatable bonds is 6. The van der Waals surface area contributed by atoms with Gasteiger partial charge in [-0.3, -0.25) is 4.90 Å². The van der Waals surface area contributed by atoms with E-state index in [4.69, 9.17) is 10.5 Å². The van der Waals surface area contributed by atoms with E-state index in [1.807, 2.05) is 54.6 Å². The summed E-state index contributed by atoms with van der Waals surface area (Å²) >= 11 is 0. The molecular weight excluding hydrogens is 386 g/mol. The number of likely N-dealkylation sites (tertiary alicyclic amines) is 1. The molecule has 1 saturated heterocycles. The monoisotopic (exact) mass is 417 g/mol. The molecule has 1 atom stereocenters. The van der Waals surface area contributed by atoms with E-state index >= 15 is 0 Å².